The third kappa shape index (κ3) is 4.60. The third-order valence-electron chi connectivity index (χ3n) is 3.15. The van der Waals surface area contributed by atoms with Crippen molar-refractivity contribution < 1.29 is 4.79 Å². The Morgan fingerprint density at radius 1 is 1.43 bits per heavy atom. The number of nitrogens with one attached hydrogen (secondary N) is 1. The molecule has 112 valence electrons. The highest BCUT2D eigenvalue weighted by atomic mass is 32.2. The second kappa shape index (κ2) is 7.26. The van der Waals surface area contributed by atoms with E-state index >= 15 is 0 Å². The summed E-state index contributed by atoms with van der Waals surface area (Å²) in [4.78, 5) is 15.9. The number of carbonyl (C=O) groups excluding carboxylic acids is 1. The molecule has 0 aliphatic rings. The van der Waals surface area contributed by atoms with E-state index in [1.54, 1.807) is 28.8 Å². The normalized spacial score (nSPS) is 12.1. The summed E-state index contributed by atoms with van der Waals surface area (Å²) in [5.74, 6) is 1.31. The van der Waals surface area contributed by atoms with Crippen molar-refractivity contribution in [2.45, 2.75) is 25.6 Å². The number of aromatic nitrogens is 3. The number of carbonyl (C=O) groups is 1. The van der Waals surface area contributed by atoms with Gasteiger partial charge in [-0.3, -0.25) is 14.5 Å². The molecule has 0 radical (unpaired) electrons. The number of pyridine rings is 1. The summed E-state index contributed by atoms with van der Waals surface area (Å²) in [6, 6.07) is 3.91. The van der Waals surface area contributed by atoms with E-state index in [-0.39, 0.29) is 11.9 Å². The zero-order valence-corrected chi connectivity index (χ0v) is 13.4. The monoisotopic (exact) mass is 304 g/mol. The maximum Gasteiger partial charge on any atom is 0.230 e. The fourth-order valence-corrected chi connectivity index (χ4v) is 2.94. The van der Waals surface area contributed by atoms with Crippen LogP contribution in [-0.2, 0) is 17.6 Å². The summed E-state index contributed by atoms with van der Waals surface area (Å²) in [6.45, 7) is 3.94. The zero-order chi connectivity index (χ0) is 15.2. The van der Waals surface area contributed by atoms with E-state index in [1.165, 1.54) is 5.56 Å². The van der Waals surface area contributed by atoms with Crippen LogP contribution in [0.1, 0.15) is 29.8 Å². The molecule has 0 bridgehead atoms. The standard InChI is InChI=1S/C15H20N4OS/c1-11(14-8-19(3)18-12(14)2)17-15(20)10-21-9-13-4-6-16-7-5-13/h4-8,11H,9-10H2,1-3H3,(H,17,20). The van der Waals surface area contributed by atoms with Crippen LogP contribution in [0.25, 0.3) is 0 Å². The number of rotatable bonds is 6. The summed E-state index contributed by atoms with van der Waals surface area (Å²) >= 11 is 1.60. The van der Waals surface area contributed by atoms with Gasteiger partial charge in [0, 0.05) is 37.0 Å². The second-order valence-corrected chi connectivity index (χ2v) is 5.97. The Bertz CT molecular complexity index is 597. The smallest absolute Gasteiger partial charge is 0.230 e. The van der Waals surface area contributed by atoms with Crippen molar-refractivity contribution in [3.63, 3.8) is 0 Å². The number of nitrogens with zero attached hydrogens (tertiary/aromatic N) is 3. The lowest BCUT2D eigenvalue weighted by Crippen LogP contribution is -2.28. The first kappa shape index (κ1) is 15.6. The highest BCUT2D eigenvalue weighted by molar-refractivity contribution is 7.99. The van der Waals surface area contributed by atoms with Gasteiger partial charge < -0.3 is 5.32 Å². The van der Waals surface area contributed by atoms with Crippen LogP contribution < -0.4 is 5.32 Å². The van der Waals surface area contributed by atoms with E-state index in [0.29, 0.717) is 5.75 Å². The molecule has 5 nitrogen and oxygen atoms in total. The van der Waals surface area contributed by atoms with Crippen molar-refractivity contribution in [3.05, 3.63) is 47.5 Å². The molecule has 6 heteroatoms. The molecule has 1 unspecified atom stereocenters. The zero-order valence-electron chi connectivity index (χ0n) is 12.5. The maximum atomic E-state index is 12.0. The quantitative estimate of drug-likeness (QED) is 0.889. The van der Waals surface area contributed by atoms with Gasteiger partial charge in [0.25, 0.3) is 0 Å². The number of hydrogen-bond donors (Lipinski definition) is 1. The molecular formula is C15H20N4OS. The van der Waals surface area contributed by atoms with Crippen molar-refractivity contribution in [2.75, 3.05) is 5.75 Å². The summed E-state index contributed by atoms with van der Waals surface area (Å²) in [6.07, 6.45) is 5.48. The molecule has 0 aliphatic carbocycles. The fourth-order valence-electron chi connectivity index (χ4n) is 2.14. The van der Waals surface area contributed by atoms with Gasteiger partial charge in [-0.05, 0) is 31.5 Å². The van der Waals surface area contributed by atoms with Crippen LogP contribution >= 0.6 is 11.8 Å². The minimum absolute atomic E-state index is 0.0206. The Morgan fingerprint density at radius 3 is 2.76 bits per heavy atom. The average Bonchev–Trinajstić information content (AvgIpc) is 2.79. The van der Waals surface area contributed by atoms with Crippen molar-refractivity contribution in [1.29, 1.82) is 0 Å². The molecule has 1 amide bonds. The molecule has 0 aromatic carbocycles. The molecule has 1 atom stereocenters. The van der Waals surface area contributed by atoms with Gasteiger partial charge in [0.15, 0.2) is 0 Å². The van der Waals surface area contributed by atoms with E-state index in [4.69, 9.17) is 0 Å². The Kier molecular flexibility index (Phi) is 5.38. The average molecular weight is 304 g/mol. The third-order valence-corrected chi connectivity index (χ3v) is 4.15. The van der Waals surface area contributed by atoms with Crippen LogP contribution in [0.2, 0.25) is 0 Å². The lowest BCUT2D eigenvalue weighted by atomic mass is 10.1. The lowest BCUT2D eigenvalue weighted by molar-refractivity contribution is -0.119. The number of hydrogen-bond acceptors (Lipinski definition) is 4. The lowest BCUT2D eigenvalue weighted by Gasteiger charge is -2.13. The predicted molar refractivity (Wildman–Crippen MR) is 84.9 cm³/mol. The van der Waals surface area contributed by atoms with Crippen LogP contribution in [0, 0.1) is 6.92 Å². The SMILES string of the molecule is Cc1nn(C)cc1C(C)NC(=O)CSCc1ccncc1. The Morgan fingerprint density at radius 2 is 2.14 bits per heavy atom. The van der Waals surface area contributed by atoms with Crippen LogP contribution in [0.3, 0.4) is 0 Å². The fraction of sp³-hybridized carbons (Fsp3) is 0.400. The number of aryl methyl sites for hydroxylation is 2. The first-order valence-electron chi connectivity index (χ1n) is 6.82. The minimum Gasteiger partial charge on any atom is -0.349 e. The Labute approximate surface area is 129 Å². The van der Waals surface area contributed by atoms with Gasteiger partial charge in [-0.25, -0.2) is 0 Å². The molecule has 0 aliphatic heterocycles. The van der Waals surface area contributed by atoms with Gasteiger partial charge >= 0.3 is 0 Å². The van der Waals surface area contributed by atoms with Crippen LogP contribution in [-0.4, -0.2) is 26.4 Å². The first-order valence-corrected chi connectivity index (χ1v) is 7.98. The molecule has 2 aromatic heterocycles. The van der Waals surface area contributed by atoms with E-state index < -0.39 is 0 Å². The van der Waals surface area contributed by atoms with Gasteiger partial charge in [-0.2, -0.15) is 5.10 Å². The van der Waals surface area contributed by atoms with Crippen molar-refractivity contribution in [1.82, 2.24) is 20.1 Å². The molecule has 0 fully saturated rings. The van der Waals surface area contributed by atoms with E-state index in [2.05, 4.69) is 15.4 Å². The van der Waals surface area contributed by atoms with E-state index in [1.807, 2.05) is 39.2 Å². The van der Waals surface area contributed by atoms with Crippen LogP contribution in [0.15, 0.2) is 30.7 Å². The van der Waals surface area contributed by atoms with Gasteiger partial charge in [-0.15, -0.1) is 11.8 Å². The molecule has 2 rings (SSSR count). The summed E-state index contributed by atoms with van der Waals surface area (Å²) in [5.41, 5.74) is 3.19. The first-order chi connectivity index (χ1) is 10.1. The summed E-state index contributed by atoms with van der Waals surface area (Å²) in [7, 11) is 1.88. The van der Waals surface area contributed by atoms with E-state index in [9.17, 15) is 4.79 Å². The van der Waals surface area contributed by atoms with Gasteiger partial charge in [0.1, 0.15) is 0 Å². The molecule has 1 N–H and O–H groups in total. The molecular weight excluding hydrogens is 284 g/mol. The number of thioether (sulfide) groups is 1. The summed E-state index contributed by atoms with van der Waals surface area (Å²) < 4.78 is 1.77. The van der Waals surface area contributed by atoms with Gasteiger partial charge in [-0.1, -0.05) is 0 Å². The van der Waals surface area contributed by atoms with Crippen LogP contribution in [0.4, 0.5) is 0 Å². The highest BCUT2D eigenvalue weighted by Gasteiger charge is 2.14. The largest absolute Gasteiger partial charge is 0.349 e. The number of amides is 1. The second-order valence-electron chi connectivity index (χ2n) is 4.98. The molecule has 0 saturated heterocycles. The molecule has 2 heterocycles. The Balaban J connectivity index is 1.78. The minimum atomic E-state index is -0.0206. The maximum absolute atomic E-state index is 12.0. The molecule has 0 spiro atoms. The van der Waals surface area contributed by atoms with Gasteiger partial charge in [0.05, 0.1) is 17.5 Å². The topological polar surface area (TPSA) is 59.8 Å². The Hall–Kier alpha value is -1.82. The summed E-state index contributed by atoms with van der Waals surface area (Å²) in [5, 5.41) is 7.31. The molecule has 2 aromatic rings. The molecule has 21 heavy (non-hydrogen) atoms. The highest BCUT2D eigenvalue weighted by Crippen LogP contribution is 2.16. The van der Waals surface area contributed by atoms with Gasteiger partial charge in [0.2, 0.25) is 5.91 Å². The van der Waals surface area contributed by atoms with Crippen LogP contribution in [0.5, 0.6) is 0 Å². The predicted octanol–water partition coefficient (Wildman–Crippen LogP) is 2.23. The molecule has 0 saturated carbocycles. The van der Waals surface area contributed by atoms with Crippen molar-refractivity contribution >= 4 is 17.7 Å². The van der Waals surface area contributed by atoms with Crippen molar-refractivity contribution in [2.24, 2.45) is 7.05 Å². The van der Waals surface area contributed by atoms with E-state index in [0.717, 1.165) is 17.0 Å². The van der Waals surface area contributed by atoms with Crippen molar-refractivity contribution in [3.8, 4) is 0 Å².